The monoisotopic (exact) mass is 429 g/mol. The van der Waals surface area contributed by atoms with E-state index in [2.05, 4.69) is 5.32 Å². The minimum atomic E-state index is -0.405. The molecule has 1 aliphatic rings. The Morgan fingerprint density at radius 3 is 2.86 bits per heavy atom. The summed E-state index contributed by atoms with van der Waals surface area (Å²) in [5.74, 6) is 0.212. The van der Waals surface area contributed by atoms with E-state index in [4.69, 9.17) is 16.3 Å². The first kappa shape index (κ1) is 19.1. The predicted molar refractivity (Wildman–Crippen MR) is 115 cm³/mol. The molecule has 4 rings (SSSR count). The fourth-order valence-electron chi connectivity index (χ4n) is 2.97. The van der Waals surface area contributed by atoms with Crippen LogP contribution in [0.5, 0.6) is 0 Å². The molecule has 0 saturated heterocycles. The minimum Gasteiger partial charge on any atom is -0.462 e. The summed E-state index contributed by atoms with van der Waals surface area (Å²) in [5.41, 5.74) is 3.23. The number of ether oxygens (including phenoxy) is 1. The summed E-state index contributed by atoms with van der Waals surface area (Å²) < 4.78 is 5.01. The molecule has 142 valence electrons. The minimum absolute atomic E-state index is 0.194. The van der Waals surface area contributed by atoms with E-state index in [0.29, 0.717) is 27.8 Å². The normalized spacial score (nSPS) is 12.1. The Morgan fingerprint density at radius 2 is 2.04 bits per heavy atom. The van der Waals surface area contributed by atoms with Crippen LogP contribution in [0.1, 0.15) is 32.5 Å². The van der Waals surface area contributed by atoms with E-state index in [1.54, 1.807) is 43.0 Å². The maximum atomic E-state index is 12.8. The van der Waals surface area contributed by atoms with Gasteiger partial charge in [-0.25, -0.2) is 4.79 Å². The fraction of sp³-hybridized carbons (Fsp3) is 0.143. The van der Waals surface area contributed by atoms with Crippen LogP contribution in [0.25, 0.3) is 10.4 Å². The standard InChI is InChI=1S/C21H16ClNO3S2/c1-2-26-21(25)12-4-3-5-15(8-12)23-20(24)18-9-13-11-27-17-10-14(22)6-7-16(17)19(13)28-18/h3-10H,2,11H2,1H3,(H,23,24). The number of carbonyl (C=O) groups excluding carboxylic acids is 2. The van der Waals surface area contributed by atoms with Gasteiger partial charge in [0.2, 0.25) is 0 Å². The van der Waals surface area contributed by atoms with Crippen molar-refractivity contribution in [2.45, 2.75) is 17.6 Å². The molecule has 1 aromatic heterocycles. The highest BCUT2D eigenvalue weighted by atomic mass is 35.5. The number of esters is 1. The van der Waals surface area contributed by atoms with E-state index in [-0.39, 0.29) is 5.91 Å². The first-order valence-corrected chi connectivity index (χ1v) is 10.9. The molecule has 0 saturated carbocycles. The molecule has 1 aliphatic heterocycles. The van der Waals surface area contributed by atoms with Crippen molar-refractivity contribution >= 4 is 52.3 Å². The second kappa shape index (κ2) is 7.99. The molecule has 0 atom stereocenters. The van der Waals surface area contributed by atoms with Crippen LogP contribution in [0.3, 0.4) is 0 Å². The molecule has 0 bridgehead atoms. The third-order valence-electron chi connectivity index (χ3n) is 4.24. The van der Waals surface area contributed by atoms with Gasteiger partial charge in [0, 0.05) is 31.8 Å². The second-order valence-corrected chi connectivity index (χ2v) is 8.66. The molecule has 0 radical (unpaired) electrons. The van der Waals surface area contributed by atoms with Crippen molar-refractivity contribution in [3.05, 3.63) is 69.6 Å². The van der Waals surface area contributed by atoms with Gasteiger partial charge in [0.15, 0.2) is 0 Å². The molecule has 0 unspecified atom stereocenters. The lowest BCUT2D eigenvalue weighted by Gasteiger charge is -2.15. The summed E-state index contributed by atoms with van der Waals surface area (Å²) in [5, 5.41) is 3.59. The van der Waals surface area contributed by atoms with Crippen molar-refractivity contribution in [3.63, 3.8) is 0 Å². The molecule has 2 aromatic carbocycles. The van der Waals surface area contributed by atoms with Crippen molar-refractivity contribution in [2.24, 2.45) is 0 Å². The molecule has 3 aromatic rings. The molecule has 4 nitrogen and oxygen atoms in total. The highest BCUT2D eigenvalue weighted by Gasteiger charge is 2.22. The Labute approximate surface area is 175 Å². The Morgan fingerprint density at radius 1 is 1.18 bits per heavy atom. The van der Waals surface area contributed by atoms with E-state index in [1.165, 1.54) is 11.3 Å². The van der Waals surface area contributed by atoms with Crippen molar-refractivity contribution in [1.82, 2.24) is 0 Å². The molecule has 0 spiro atoms. The number of anilines is 1. The van der Waals surface area contributed by atoms with E-state index >= 15 is 0 Å². The Kier molecular flexibility index (Phi) is 5.44. The zero-order valence-electron chi connectivity index (χ0n) is 15.0. The summed E-state index contributed by atoms with van der Waals surface area (Å²) >= 11 is 9.29. The molecular formula is C21H16ClNO3S2. The zero-order chi connectivity index (χ0) is 19.7. The lowest BCUT2D eigenvalue weighted by atomic mass is 10.1. The maximum Gasteiger partial charge on any atom is 0.338 e. The quantitative estimate of drug-likeness (QED) is 0.509. The third-order valence-corrected chi connectivity index (χ3v) is 6.78. The van der Waals surface area contributed by atoms with E-state index in [0.717, 1.165) is 26.7 Å². The Balaban J connectivity index is 1.57. The first-order chi connectivity index (χ1) is 13.5. The van der Waals surface area contributed by atoms with Gasteiger partial charge in [0.05, 0.1) is 17.0 Å². The smallest absolute Gasteiger partial charge is 0.338 e. The third kappa shape index (κ3) is 3.81. The van der Waals surface area contributed by atoms with Crippen LogP contribution >= 0.6 is 34.7 Å². The van der Waals surface area contributed by atoms with E-state index in [9.17, 15) is 9.59 Å². The predicted octanol–water partition coefficient (Wildman–Crippen LogP) is 6.10. The number of hydrogen-bond acceptors (Lipinski definition) is 5. The number of carbonyl (C=O) groups is 2. The van der Waals surface area contributed by atoms with Crippen LogP contribution < -0.4 is 5.32 Å². The summed E-state index contributed by atoms with van der Waals surface area (Å²) in [7, 11) is 0. The highest BCUT2D eigenvalue weighted by molar-refractivity contribution is 7.98. The topological polar surface area (TPSA) is 55.4 Å². The van der Waals surface area contributed by atoms with Gasteiger partial charge >= 0.3 is 5.97 Å². The molecule has 1 N–H and O–H groups in total. The van der Waals surface area contributed by atoms with Gasteiger partial charge < -0.3 is 10.1 Å². The Bertz CT molecular complexity index is 1080. The fourth-order valence-corrected chi connectivity index (χ4v) is 5.55. The molecule has 0 fully saturated rings. The largest absolute Gasteiger partial charge is 0.462 e. The van der Waals surface area contributed by atoms with Crippen molar-refractivity contribution < 1.29 is 14.3 Å². The molecule has 0 aliphatic carbocycles. The molecule has 2 heterocycles. The summed E-state index contributed by atoms with van der Waals surface area (Å²) in [6.07, 6.45) is 0. The highest BCUT2D eigenvalue weighted by Crippen LogP contribution is 2.46. The zero-order valence-corrected chi connectivity index (χ0v) is 17.3. The lowest BCUT2D eigenvalue weighted by Crippen LogP contribution is -2.11. The summed E-state index contributed by atoms with van der Waals surface area (Å²) in [6, 6.07) is 14.5. The molecule has 1 amide bonds. The molecular weight excluding hydrogens is 414 g/mol. The second-order valence-electron chi connectivity index (χ2n) is 6.15. The molecule has 7 heteroatoms. The number of benzene rings is 2. The van der Waals surface area contributed by atoms with Crippen LogP contribution in [-0.2, 0) is 10.5 Å². The van der Waals surface area contributed by atoms with Crippen molar-refractivity contribution in [3.8, 4) is 10.4 Å². The first-order valence-electron chi connectivity index (χ1n) is 8.69. The average Bonchev–Trinajstić information content (AvgIpc) is 3.13. The molecule has 28 heavy (non-hydrogen) atoms. The van der Waals surface area contributed by atoms with E-state index < -0.39 is 5.97 Å². The average molecular weight is 430 g/mol. The van der Waals surface area contributed by atoms with Gasteiger partial charge in [-0.05, 0) is 48.9 Å². The van der Waals surface area contributed by atoms with Gasteiger partial charge in [-0.3, -0.25) is 4.79 Å². The number of halogens is 1. The number of nitrogens with one attached hydrogen (secondary N) is 1. The van der Waals surface area contributed by atoms with Gasteiger partial charge in [0.25, 0.3) is 5.91 Å². The summed E-state index contributed by atoms with van der Waals surface area (Å²) in [6.45, 7) is 2.06. The number of amides is 1. The Hall–Kier alpha value is -2.28. The van der Waals surface area contributed by atoms with Crippen molar-refractivity contribution in [2.75, 3.05) is 11.9 Å². The lowest BCUT2D eigenvalue weighted by molar-refractivity contribution is 0.0526. The van der Waals surface area contributed by atoms with Gasteiger partial charge in [-0.15, -0.1) is 23.1 Å². The van der Waals surface area contributed by atoms with Crippen LogP contribution in [0.4, 0.5) is 5.69 Å². The van der Waals surface area contributed by atoms with Gasteiger partial charge in [-0.1, -0.05) is 23.7 Å². The maximum absolute atomic E-state index is 12.8. The number of rotatable bonds is 4. The summed E-state index contributed by atoms with van der Waals surface area (Å²) in [4.78, 5) is 27.5. The van der Waals surface area contributed by atoms with Crippen LogP contribution in [0, 0.1) is 0 Å². The SMILES string of the molecule is CCOC(=O)c1cccc(NC(=O)c2cc3c(s2)-c2ccc(Cl)cc2SC3)c1. The van der Waals surface area contributed by atoms with Gasteiger partial charge in [0.1, 0.15) is 0 Å². The van der Waals surface area contributed by atoms with Crippen LogP contribution in [0.15, 0.2) is 53.4 Å². The number of hydrogen-bond donors (Lipinski definition) is 1. The van der Waals surface area contributed by atoms with Crippen LogP contribution in [-0.4, -0.2) is 18.5 Å². The van der Waals surface area contributed by atoms with Gasteiger partial charge in [-0.2, -0.15) is 0 Å². The number of thiophene rings is 1. The number of fused-ring (bicyclic) bond motifs is 3. The van der Waals surface area contributed by atoms with E-state index in [1.807, 2.05) is 24.3 Å². The van der Waals surface area contributed by atoms with Crippen LogP contribution in [0.2, 0.25) is 5.02 Å². The number of thioether (sulfide) groups is 1. The van der Waals surface area contributed by atoms with Crippen molar-refractivity contribution in [1.29, 1.82) is 0 Å².